The molecule has 0 spiro atoms. The average molecular weight is 477 g/mol. The largest absolute Gasteiger partial charge is 0.487 e. The number of hydrogen-bond donors (Lipinski definition) is 1. The van der Waals surface area contributed by atoms with E-state index in [1.807, 2.05) is 57.5 Å². The van der Waals surface area contributed by atoms with E-state index < -0.39 is 0 Å². The Balaban J connectivity index is 0.00000312. The second-order valence-corrected chi connectivity index (χ2v) is 6.16. The van der Waals surface area contributed by atoms with Gasteiger partial charge in [0, 0.05) is 33.0 Å². The zero-order valence-electron chi connectivity index (χ0n) is 15.1. The Labute approximate surface area is 172 Å². The van der Waals surface area contributed by atoms with Crippen molar-refractivity contribution in [1.82, 2.24) is 14.8 Å². The molecule has 1 unspecified atom stereocenters. The van der Waals surface area contributed by atoms with Crippen molar-refractivity contribution in [3.8, 4) is 5.75 Å². The van der Waals surface area contributed by atoms with E-state index in [1.165, 1.54) is 5.69 Å². The van der Waals surface area contributed by atoms with Crippen molar-refractivity contribution in [1.29, 1.82) is 0 Å². The number of aromatic nitrogens is 1. The van der Waals surface area contributed by atoms with E-state index in [2.05, 4.69) is 25.8 Å². The highest BCUT2D eigenvalue weighted by atomic mass is 127. The van der Waals surface area contributed by atoms with E-state index in [-0.39, 0.29) is 30.1 Å². The van der Waals surface area contributed by atoms with Crippen molar-refractivity contribution < 1.29 is 4.74 Å². The summed E-state index contributed by atoms with van der Waals surface area (Å²) in [5.74, 6) is 1.52. The van der Waals surface area contributed by atoms with Gasteiger partial charge in [0.05, 0.1) is 18.1 Å². The zero-order valence-corrected chi connectivity index (χ0v) is 18.2. The fourth-order valence-corrected chi connectivity index (χ4v) is 2.58. The van der Waals surface area contributed by atoms with Crippen LogP contribution in [0.25, 0.3) is 0 Å². The van der Waals surface area contributed by atoms with E-state index in [0.29, 0.717) is 17.3 Å². The van der Waals surface area contributed by atoms with Gasteiger partial charge in [-0.05, 0) is 31.2 Å². The van der Waals surface area contributed by atoms with E-state index in [1.54, 1.807) is 7.05 Å². The quantitative estimate of drug-likeness (QED) is 0.392. The van der Waals surface area contributed by atoms with E-state index >= 15 is 0 Å². The van der Waals surface area contributed by atoms with Crippen LogP contribution in [0.1, 0.15) is 12.6 Å². The number of nitrogens with zero attached hydrogens (tertiary/aromatic N) is 3. The van der Waals surface area contributed by atoms with Gasteiger partial charge >= 0.3 is 0 Å². The van der Waals surface area contributed by atoms with Crippen molar-refractivity contribution in [2.75, 3.05) is 20.6 Å². The van der Waals surface area contributed by atoms with Crippen molar-refractivity contribution in [3.05, 3.63) is 53.3 Å². The summed E-state index contributed by atoms with van der Waals surface area (Å²) < 4.78 is 7.98. The average Bonchev–Trinajstić information content (AvgIpc) is 2.95. The predicted octanol–water partition coefficient (Wildman–Crippen LogP) is 3.77. The standard InChI is InChI=1S/C18H25ClN4O.HI/c1-14(24-17-10-6-5-9-16(17)19)12-21-18(20-2)23(4)13-15-8-7-11-22(15)3;/h5-11,14H,12-13H2,1-4H3,(H,20,21);1H. The molecule has 0 saturated heterocycles. The Morgan fingerprint density at radius 3 is 2.64 bits per heavy atom. The summed E-state index contributed by atoms with van der Waals surface area (Å²) in [4.78, 5) is 6.42. The Morgan fingerprint density at radius 1 is 1.32 bits per heavy atom. The predicted molar refractivity (Wildman–Crippen MR) is 115 cm³/mol. The Kier molecular flexibility index (Phi) is 9.13. The number of aliphatic imine (C=N–C) groups is 1. The lowest BCUT2D eigenvalue weighted by molar-refractivity contribution is 0.222. The number of rotatable bonds is 6. The lowest BCUT2D eigenvalue weighted by Crippen LogP contribution is -2.42. The van der Waals surface area contributed by atoms with Crippen molar-refractivity contribution >= 4 is 41.5 Å². The number of hydrogen-bond acceptors (Lipinski definition) is 2. The van der Waals surface area contributed by atoms with Gasteiger partial charge in [0.2, 0.25) is 0 Å². The van der Waals surface area contributed by atoms with Gasteiger partial charge in [0.25, 0.3) is 0 Å². The van der Waals surface area contributed by atoms with Gasteiger partial charge in [-0.25, -0.2) is 0 Å². The maximum absolute atomic E-state index is 6.12. The van der Waals surface area contributed by atoms with Crippen LogP contribution in [-0.4, -0.2) is 42.2 Å². The third-order valence-electron chi connectivity index (χ3n) is 3.74. The molecular weight excluding hydrogens is 451 g/mol. The van der Waals surface area contributed by atoms with Crippen LogP contribution in [0.2, 0.25) is 5.02 Å². The normalized spacial score (nSPS) is 12.3. The molecule has 1 N–H and O–H groups in total. The molecule has 0 bridgehead atoms. The third-order valence-corrected chi connectivity index (χ3v) is 4.05. The summed E-state index contributed by atoms with van der Waals surface area (Å²) in [5, 5.41) is 3.96. The SMILES string of the molecule is CN=C(NCC(C)Oc1ccccc1Cl)N(C)Cc1cccn1C.I. The molecular formula is C18H26ClIN4O. The lowest BCUT2D eigenvalue weighted by atomic mass is 10.3. The van der Waals surface area contributed by atoms with Gasteiger partial charge in [-0.2, -0.15) is 0 Å². The molecule has 0 aliphatic heterocycles. The van der Waals surface area contributed by atoms with Crippen molar-refractivity contribution in [2.45, 2.75) is 19.6 Å². The van der Waals surface area contributed by atoms with Gasteiger partial charge in [0.1, 0.15) is 11.9 Å². The Morgan fingerprint density at radius 2 is 2.04 bits per heavy atom. The number of aryl methyl sites for hydroxylation is 1. The minimum absolute atomic E-state index is 0. The molecule has 1 heterocycles. The molecule has 2 aromatic rings. The smallest absolute Gasteiger partial charge is 0.193 e. The first-order chi connectivity index (χ1) is 11.5. The number of halogens is 2. The van der Waals surface area contributed by atoms with Gasteiger partial charge in [-0.15, -0.1) is 24.0 Å². The molecule has 7 heteroatoms. The highest BCUT2D eigenvalue weighted by molar-refractivity contribution is 14.0. The third kappa shape index (κ3) is 6.43. The number of guanidine groups is 1. The van der Waals surface area contributed by atoms with Crippen LogP contribution in [0.4, 0.5) is 0 Å². The number of benzene rings is 1. The second-order valence-electron chi connectivity index (χ2n) is 5.75. The molecule has 0 radical (unpaired) electrons. The van der Waals surface area contributed by atoms with E-state index in [0.717, 1.165) is 12.5 Å². The molecule has 138 valence electrons. The van der Waals surface area contributed by atoms with Crippen LogP contribution in [0.5, 0.6) is 5.75 Å². The molecule has 1 aromatic heterocycles. The molecule has 1 aromatic carbocycles. The highest BCUT2D eigenvalue weighted by Crippen LogP contribution is 2.24. The molecule has 0 fully saturated rings. The first-order valence-corrected chi connectivity index (χ1v) is 8.32. The molecule has 25 heavy (non-hydrogen) atoms. The van der Waals surface area contributed by atoms with Gasteiger partial charge in [-0.1, -0.05) is 23.7 Å². The summed E-state index contributed by atoms with van der Waals surface area (Å²) >= 11 is 6.12. The summed E-state index contributed by atoms with van der Waals surface area (Å²) in [6.45, 7) is 3.42. The molecule has 0 saturated carbocycles. The molecule has 0 aliphatic rings. The van der Waals surface area contributed by atoms with Crippen molar-refractivity contribution in [3.63, 3.8) is 0 Å². The van der Waals surface area contributed by atoms with Crippen LogP contribution in [0.15, 0.2) is 47.6 Å². The van der Waals surface area contributed by atoms with Gasteiger partial charge in [0.15, 0.2) is 5.96 Å². The van der Waals surface area contributed by atoms with Gasteiger partial charge in [-0.3, -0.25) is 4.99 Å². The van der Waals surface area contributed by atoms with Crippen LogP contribution in [0, 0.1) is 0 Å². The van der Waals surface area contributed by atoms with Crippen molar-refractivity contribution in [2.24, 2.45) is 12.0 Å². The summed E-state index contributed by atoms with van der Waals surface area (Å²) in [6.07, 6.45) is 2.00. The second kappa shape index (κ2) is 10.6. The molecule has 5 nitrogen and oxygen atoms in total. The maximum atomic E-state index is 6.12. The maximum Gasteiger partial charge on any atom is 0.193 e. The zero-order chi connectivity index (χ0) is 17.5. The lowest BCUT2D eigenvalue weighted by Gasteiger charge is -2.24. The fraction of sp³-hybridized carbons (Fsp3) is 0.389. The Hall–Kier alpha value is -1.41. The van der Waals surface area contributed by atoms with Crippen LogP contribution in [-0.2, 0) is 13.6 Å². The Bertz CT molecular complexity index is 689. The summed E-state index contributed by atoms with van der Waals surface area (Å²) in [7, 11) is 5.84. The van der Waals surface area contributed by atoms with Crippen LogP contribution in [0.3, 0.4) is 0 Å². The molecule has 0 aliphatic carbocycles. The van der Waals surface area contributed by atoms with Crippen LogP contribution >= 0.6 is 35.6 Å². The van der Waals surface area contributed by atoms with Gasteiger partial charge < -0.3 is 19.5 Å². The summed E-state index contributed by atoms with van der Waals surface area (Å²) in [5.41, 5.74) is 1.22. The first-order valence-electron chi connectivity index (χ1n) is 7.94. The molecule has 2 rings (SSSR count). The number of ether oxygens (including phenoxy) is 1. The minimum atomic E-state index is -0.0370. The fourth-order valence-electron chi connectivity index (χ4n) is 2.40. The van der Waals surface area contributed by atoms with E-state index in [9.17, 15) is 0 Å². The number of para-hydroxylation sites is 1. The molecule has 1 atom stereocenters. The highest BCUT2D eigenvalue weighted by Gasteiger charge is 2.11. The molecule has 0 amide bonds. The first kappa shape index (κ1) is 21.6. The van der Waals surface area contributed by atoms with E-state index in [4.69, 9.17) is 16.3 Å². The monoisotopic (exact) mass is 476 g/mol. The topological polar surface area (TPSA) is 41.8 Å². The summed E-state index contributed by atoms with van der Waals surface area (Å²) in [6, 6.07) is 11.6. The van der Waals surface area contributed by atoms with Crippen LogP contribution < -0.4 is 10.1 Å². The number of nitrogens with one attached hydrogen (secondary N) is 1. The minimum Gasteiger partial charge on any atom is -0.487 e.